The second-order valence-electron chi connectivity index (χ2n) is 6.35. The fourth-order valence-corrected chi connectivity index (χ4v) is 2.75. The lowest BCUT2D eigenvalue weighted by molar-refractivity contribution is -0.137. The lowest BCUT2D eigenvalue weighted by atomic mass is 9.95. The second-order valence-corrected chi connectivity index (χ2v) is 6.35. The summed E-state index contributed by atoms with van der Waals surface area (Å²) in [6.45, 7) is 4.29. The third-order valence-corrected chi connectivity index (χ3v) is 4.14. The monoisotopic (exact) mass is 389 g/mol. The van der Waals surface area contributed by atoms with Crippen LogP contribution < -0.4 is 5.73 Å². The molecule has 1 aromatic rings. The maximum absolute atomic E-state index is 13.1. The van der Waals surface area contributed by atoms with Gasteiger partial charge in [0.1, 0.15) is 0 Å². The molecule has 1 aliphatic carbocycles. The molecule has 152 valence electrons. The topological polar surface area (TPSA) is 26.0 Å². The Morgan fingerprint density at radius 1 is 1.11 bits per heavy atom. The molecule has 4 heteroatoms. The molecule has 0 fully saturated rings. The molecule has 1 aromatic carbocycles. The number of hydrogen-bond acceptors (Lipinski definition) is 1. The summed E-state index contributed by atoms with van der Waals surface area (Å²) in [4.78, 5) is 0. The molecule has 0 atom stereocenters. The first-order chi connectivity index (χ1) is 13.4. The van der Waals surface area contributed by atoms with Gasteiger partial charge in [-0.05, 0) is 61.6 Å². The Bertz CT molecular complexity index is 728. The van der Waals surface area contributed by atoms with Gasteiger partial charge < -0.3 is 5.73 Å². The number of alkyl halides is 3. The van der Waals surface area contributed by atoms with E-state index in [1.807, 2.05) is 12.2 Å². The lowest BCUT2D eigenvalue weighted by Crippen LogP contribution is -2.08. The maximum Gasteiger partial charge on any atom is 0.417 e. The predicted molar refractivity (Wildman–Crippen MR) is 114 cm³/mol. The molecule has 1 aliphatic rings. The summed E-state index contributed by atoms with van der Waals surface area (Å²) in [7, 11) is 0. The van der Waals surface area contributed by atoms with Crippen LogP contribution in [0.25, 0.3) is 5.57 Å². The summed E-state index contributed by atoms with van der Waals surface area (Å²) >= 11 is 0. The van der Waals surface area contributed by atoms with Crippen LogP contribution in [-0.2, 0) is 6.18 Å². The van der Waals surface area contributed by atoms with E-state index in [1.54, 1.807) is 12.1 Å². The highest BCUT2D eigenvalue weighted by Crippen LogP contribution is 2.35. The molecule has 0 bridgehead atoms. The van der Waals surface area contributed by atoms with Crippen molar-refractivity contribution in [3.8, 4) is 0 Å². The quantitative estimate of drug-likeness (QED) is 0.393. The van der Waals surface area contributed by atoms with E-state index in [9.17, 15) is 13.2 Å². The van der Waals surface area contributed by atoms with Gasteiger partial charge in [0.05, 0.1) is 5.56 Å². The van der Waals surface area contributed by atoms with Crippen LogP contribution >= 0.6 is 0 Å². The van der Waals surface area contributed by atoms with Gasteiger partial charge in [0.25, 0.3) is 0 Å². The summed E-state index contributed by atoms with van der Waals surface area (Å²) in [5.74, 6) is 0. The van der Waals surface area contributed by atoms with Crippen LogP contribution in [0, 0.1) is 0 Å². The second kappa shape index (κ2) is 12.8. The average Bonchev–Trinajstić information content (AvgIpc) is 2.70. The van der Waals surface area contributed by atoms with Crippen LogP contribution in [-0.4, -0.2) is 0 Å². The summed E-state index contributed by atoms with van der Waals surface area (Å²) in [6, 6.07) is 5.57. The Kier molecular flexibility index (Phi) is 10.8. The van der Waals surface area contributed by atoms with E-state index in [1.165, 1.54) is 42.8 Å². The Morgan fingerprint density at radius 2 is 1.79 bits per heavy atom. The fraction of sp³-hybridized carbons (Fsp3) is 0.333. The first-order valence-electron chi connectivity index (χ1n) is 9.68. The minimum absolute atomic E-state index is 0.156. The average molecular weight is 390 g/mol. The summed E-state index contributed by atoms with van der Waals surface area (Å²) in [6.07, 6.45) is 15.5. The Morgan fingerprint density at radius 3 is 2.32 bits per heavy atom. The molecule has 0 aliphatic heterocycles. The zero-order valence-electron chi connectivity index (χ0n) is 16.7. The van der Waals surface area contributed by atoms with Gasteiger partial charge in [0.15, 0.2) is 0 Å². The zero-order valence-corrected chi connectivity index (χ0v) is 16.7. The van der Waals surface area contributed by atoms with Gasteiger partial charge in [-0.3, -0.25) is 0 Å². The predicted octanol–water partition coefficient (Wildman–Crippen LogP) is 7.59. The van der Waals surface area contributed by atoms with E-state index >= 15 is 0 Å². The molecule has 2 rings (SSSR count). The molecule has 2 N–H and O–H groups in total. The lowest BCUT2D eigenvalue weighted by Gasteiger charge is -2.14. The van der Waals surface area contributed by atoms with Gasteiger partial charge in [0, 0.05) is 0 Å². The number of allylic oxidation sites excluding steroid dienone is 9. The standard InChI is InChI=1S/C18H18F3N.C6H12/c19-18(20,21)17-9-5-4-8-16(17)15(12-13-22)11-10-14-6-2-1-3-7-14;1-3-5-6-4-2/h1-2,4-6,8-9,11-13H,3,7,10,22H2;5-6H,3-4H2,1-2H3/b13-12-,15-11+;. The zero-order chi connectivity index (χ0) is 20.8. The minimum Gasteiger partial charge on any atom is -0.405 e. The van der Waals surface area contributed by atoms with E-state index in [4.69, 9.17) is 5.73 Å². The van der Waals surface area contributed by atoms with E-state index < -0.39 is 11.7 Å². The molecule has 0 amide bonds. The van der Waals surface area contributed by atoms with Crippen molar-refractivity contribution in [1.29, 1.82) is 0 Å². The fourth-order valence-electron chi connectivity index (χ4n) is 2.75. The molecule has 0 aromatic heterocycles. The molecular formula is C24H30F3N. The Labute approximate surface area is 166 Å². The highest BCUT2D eigenvalue weighted by Gasteiger charge is 2.33. The van der Waals surface area contributed by atoms with Crippen molar-refractivity contribution in [2.75, 3.05) is 0 Å². The SMILES string of the molecule is CCC=CCC.N/C=C\C(=C/CC1=CC=CCC1)c1ccccc1C(F)(F)F. The van der Waals surface area contributed by atoms with Crippen LogP contribution in [0.4, 0.5) is 13.2 Å². The largest absolute Gasteiger partial charge is 0.417 e. The van der Waals surface area contributed by atoms with Gasteiger partial charge in [-0.2, -0.15) is 13.2 Å². The molecule has 0 saturated heterocycles. The van der Waals surface area contributed by atoms with Crippen LogP contribution in [0.3, 0.4) is 0 Å². The van der Waals surface area contributed by atoms with Crippen molar-refractivity contribution >= 4 is 5.57 Å². The van der Waals surface area contributed by atoms with Gasteiger partial charge in [0.2, 0.25) is 0 Å². The van der Waals surface area contributed by atoms with Crippen molar-refractivity contribution in [3.05, 3.63) is 89.7 Å². The van der Waals surface area contributed by atoms with E-state index in [0.29, 0.717) is 12.0 Å². The number of halogens is 3. The molecular weight excluding hydrogens is 359 g/mol. The van der Waals surface area contributed by atoms with Gasteiger partial charge in [-0.1, -0.05) is 74.1 Å². The highest BCUT2D eigenvalue weighted by atomic mass is 19.4. The molecule has 0 spiro atoms. The summed E-state index contributed by atoms with van der Waals surface area (Å²) in [5, 5.41) is 0. The van der Waals surface area contributed by atoms with Crippen LogP contribution in [0.2, 0.25) is 0 Å². The number of nitrogens with two attached hydrogens (primary N) is 1. The molecule has 0 heterocycles. The third kappa shape index (κ3) is 8.47. The van der Waals surface area contributed by atoms with Crippen molar-refractivity contribution in [3.63, 3.8) is 0 Å². The Hall–Kier alpha value is -2.49. The highest BCUT2D eigenvalue weighted by molar-refractivity contribution is 5.76. The molecule has 0 saturated carbocycles. The van der Waals surface area contributed by atoms with Crippen LogP contribution in [0.5, 0.6) is 0 Å². The smallest absolute Gasteiger partial charge is 0.405 e. The Balaban J connectivity index is 0.000000568. The first kappa shape index (κ1) is 23.5. The van der Waals surface area contributed by atoms with Gasteiger partial charge in [-0.15, -0.1) is 0 Å². The molecule has 1 nitrogen and oxygen atoms in total. The van der Waals surface area contributed by atoms with E-state index in [0.717, 1.165) is 18.9 Å². The van der Waals surface area contributed by atoms with E-state index in [2.05, 4.69) is 32.1 Å². The number of benzene rings is 1. The molecule has 0 radical (unpaired) electrons. The van der Waals surface area contributed by atoms with Crippen molar-refractivity contribution in [2.45, 2.75) is 52.1 Å². The number of hydrogen-bond donors (Lipinski definition) is 1. The van der Waals surface area contributed by atoms with Crippen molar-refractivity contribution in [1.82, 2.24) is 0 Å². The van der Waals surface area contributed by atoms with Crippen LogP contribution in [0.1, 0.15) is 57.1 Å². The normalized spacial score (nSPS) is 14.9. The van der Waals surface area contributed by atoms with Crippen molar-refractivity contribution in [2.24, 2.45) is 5.73 Å². The minimum atomic E-state index is -4.38. The van der Waals surface area contributed by atoms with Crippen LogP contribution in [0.15, 0.2) is 78.6 Å². The first-order valence-corrected chi connectivity index (χ1v) is 9.68. The molecule has 0 unspecified atom stereocenters. The number of rotatable bonds is 6. The summed E-state index contributed by atoms with van der Waals surface area (Å²) < 4.78 is 39.4. The van der Waals surface area contributed by atoms with Crippen molar-refractivity contribution < 1.29 is 13.2 Å². The van der Waals surface area contributed by atoms with Gasteiger partial charge in [-0.25, -0.2) is 0 Å². The third-order valence-electron chi connectivity index (χ3n) is 4.14. The van der Waals surface area contributed by atoms with E-state index in [-0.39, 0.29) is 5.56 Å². The molecule has 28 heavy (non-hydrogen) atoms. The maximum atomic E-state index is 13.1. The van der Waals surface area contributed by atoms with Gasteiger partial charge >= 0.3 is 6.18 Å². The summed E-state index contributed by atoms with van der Waals surface area (Å²) in [5.41, 5.74) is 6.62.